The highest BCUT2D eigenvalue weighted by molar-refractivity contribution is 7.89. The number of rotatable bonds is 8. The SMILES string of the molecule is CCC(CS(=O)(=O)N1CCC(OCc2cc(C)nc3ccccc23)CC1)NC(=O)O. The quantitative estimate of drug-likeness (QED) is 0.660. The van der Waals surface area contributed by atoms with E-state index in [0.717, 1.165) is 22.2 Å². The van der Waals surface area contributed by atoms with Gasteiger partial charge in [0.2, 0.25) is 10.0 Å². The van der Waals surface area contributed by atoms with Crippen molar-refractivity contribution in [1.82, 2.24) is 14.6 Å². The number of hydrogen-bond donors (Lipinski definition) is 2. The minimum atomic E-state index is -3.52. The van der Waals surface area contributed by atoms with Gasteiger partial charge in [0.05, 0.1) is 24.0 Å². The fraction of sp³-hybridized carbons (Fsp3) is 0.524. The normalized spacial score (nSPS) is 17.1. The monoisotopic (exact) mass is 435 g/mol. The lowest BCUT2D eigenvalue weighted by molar-refractivity contribution is 0.0107. The third-order valence-corrected chi connectivity index (χ3v) is 7.41. The van der Waals surface area contributed by atoms with Gasteiger partial charge in [-0.05, 0) is 43.9 Å². The van der Waals surface area contributed by atoms with Crippen molar-refractivity contribution >= 4 is 27.0 Å². The number of carbonyl (C=O) groups is 1. The second-order valence-electron chi connectivity index (χ2n) is 7.68. The number of para-hydroxylation sites is 1. The summed E-state index contributed by atoms with van der Waals surface area (Å²) in [5.74, 6) is -0.219. The van der Waals surface area contributed by atoms with E-state index in [1.807, 2.05) is 37.3 Å². The van der Waals surface area contributed by atoms with E-state index in [0.29, 0.717) is 39.0 Å². The Labute approximate surface area is 177 Å². The molecule has 3 rings (SSSR count). The Morgan fingerprint density at radius 3 is 2.70 bits per heavy atom. The maximum Gasteiger partial charge on any atom is 0.404 e. The molecule has 164 valence electrons. The van der Waals surface area contributed by atoms with Crippen LogP contribution in [-0.4, -0.2) is 59.9 Å². The molecule has 1 atom stereocenters. The van der Waals surface area contributed by atoms with Crippen LogP contribution in [0.5, 0.6) is 0 Å². The molecule has 1 saturated heterocycles. The van der Waals surface area contributed by atoms with Crippen LogP contribution in [0.25, 0.3) is 10.9 Å². The van der Waals surface area contributed by atoms with Crippen molar-refractivity contribution in [2.75, 3.05) is 18.8 Å². The Morgan fingerprint density at radius 2 is 2.03 bits per heavy atom. The van der Waals surface area contributed by atoms with E-state index in [4.69, 9.17) is 9.84 Å². The Bertz CT molecular complexity index is 987. The predicted octanol–water partition coefficient (Wildman–Crippen LogP) is 2.90. The molecule has 1 fully saturated rings. The number of nitrogens with zero attached hydrogens (tertiary/aromatic N) is 2. The van der Waals surface area contributed by atoms with Gasteiger partial charge in [-0.2, -0.15) is 0 Å². The Balaban J connectivity index is 1.55. The lowest BCUT2D eigenvalue weighted by Gasteiger charge is -2.32. The van der Waals surface area contributed by atoms with Gasteiger partial charge < -0.3 is 15.2 Å². The van der Waals surface area contributed by atoms with Crippen molar-refractivity contribution in [3.05, 3.63) is 41.6 Å². The number of aromatic nitrogens is 1. The van der Waals surface area contributed by atoms with Crippen molar-refractivity contribution < 1.29 is 23.1 Å². The molecule has 1 aliphatic rings. The van der Waals surface area contributed by atoms with Crippen LogP contribution in [0, 0.1) is 6.92 Å². The Hall–Kier alpha value is -2.23. The minimum Gasteiger partial charge on any atom is -0.465 e. The van der Waals surface area contributed by atoms with Gasteiger partial charge in [0.15, 0.2) is 0 Å². The zero-order valence-electron chi connectivity index (χ0n) is 17.4. The number of carboxylic acid groups (broad SMARTS) is 1. The van der Waals surface area contributed by atoms with E-state index in [-0.39, 0.29) is 11.9 Å². The van der Waals surface area contributed by atoms with Gasteiger partial charge in [-0.15, -0.1) is 0 Å². The molecule has 2 aromatic rings. The molecule has 0 aliphatic carbocycles. The average molecular weight is 436 g/mol. The first-order valence-corrected chi connectivity index (χ1v) is 11.8. The highest BCUT2D eigenvalue weighted by atomic mass is 32.2. The van der Waals surface area contributed by atoms with E-state index in [1.54, 1.807) is 6.92 Å². The van der Waals surface area contributed by atoms with Crippen LogP contribution in [0.3, 0.4) is 0 Å². The van der Waals surface area contributed by atoms with E-state index in [1.165, 1.54) is 4.31 Å². The molecule has 0 radical (unpaired) electrons. The first-order valence-electron chi connectivity index (χ1n) is 10.2. The summed E-state index contributed by atoms with van der Waals surface area (Å²) in [6.07, 6.45) is 0.435. The largest absolute Gasteiger partial charge is 0.465 e. The minimum absolute atomic E-state index is 0.0113. The lowest BCUT2D eigenvalue weighted by atomic mass is 10.1. The molecule has 0 saturated carbocycles. The molecule has 1 amide bonds. The fourth-order valence-electron chi connectivity index (χ4n) is 3.79. The summed E-state index contributed by atoms with van der Waals surface area (Å²) in [4.78, 5) is 15.4. The number of fused-ring (bicyclic) bond motifs is 1. The molecule has 1 unspecified atom stereocenters. The predicted molar refractivity (Wildman–Crippen MR) is 115 cm³/mol. The van der Waals surface area contributed by atoms with E-state index < -0.39 is 22.2 Å². The van der Waals surface area contributed by atoms with Gasteiger partial charge in [0.1, 0.15) is 0 Å². The number of hydrogen-bond acceptors (Lipinski definition) is 5. The van der Waals surface area contributed by atoms with Gasteiger partial charge in [-0.3, -0.25) is 4.98 Å². The molecule has 1 aromatic heterocycles. The zero-order valence-corrected chi connectivity index (χ0v) is 18.2. The van der Waals surface area contributed by atoms with E-state index in [2.05, 4.69) is 10.3 Å². The van der Waals surface area contributed by atoms with E-state index in [9.17, 15) is 13.2 Å². The standard InChI is InChI=1S/C21H29N3O5S/c1-3-17(23-21(25)26)14-30(27,28)24-10-8-18(9-11-24)29-13-16-12-15(2)22-20-7-5-4-6-19(16)20/h4-7,12,17-18,23H,3,8-11,13-14H2,1-2H3,(H,25,26). The topological polar surface area (TPSA) is 109 Å². The average Bonchev–Trinajstić information content (AvgIpc) is 2.71. The van der Waals surface area contributed by atoms with Crippen LogP contribution in [0.2, 0.25) is 0 Å². The lowest BCUT2D eigenvalue weighted by Crippen LogP contribution is -2.46. The molecule has 0 spiro atoms. The summed E-state index contributed by atoms with van der Waals surface area (Å²) in [6.45, 7) is 4.95. The van der Waals surface area contributed by atoms with Crippen molar-refractivity contribution in [2.24, 2.45) is 0 Å². The number of sulfonamides is 1. The first-order chi connectivity index (χ1) is 14.3. The maximum atomic E-state index is 12.7. The summed E-state index contributed by atoms with van der Waals surface area (Å²) in [6, 6.07) is 9.38. The summed E-state index contributed by atoms with van der Waals surface area (Å²) < 4.78 is 32.9. The van der Waals surface area contributed by atoms with Crippen molar-refractivity contribution in [1.29, 1.82) is 0 Å². The van der Waals surface area contributed by atoms with Crippen LogP contribution in [-0.2, 0) is 21.4 Å². The summed E-state index contributed by atoms with van der Waals surface area (Å²) in [5.41, 5.74) is 2.96. The van der Waals surface area contributed by atoms with Crippen molar-refractivity contribution in [3.8, 4) is 0 Å². The fourth-order valence-corrected chi connectivity index (χ4v) is 5.60. The Kier molecular flexibility index (Phi) is 7.27. The van der Waals surface area contributed by atoms with Crippen LogP contribution in [0.1, 0.15) is 37.4 Å². The number of piperidine rings is 1. The number of nitrogens with one attached hydrogen (secondary N) is 1. The third kappa shape index (κ3) is 5.68. The molecule has 0 bridgehead atoms. The first kappa shape index (κ1) is 22.5. The second kappa shape index (κ2) is 9.72. The molecule has 1 aromatic carbocycles. The third-order valence-electron chi connectivity index (χ3n) is 5.43. The molecular weight excluding hydrogens is 406 g/mol. The number of amides is 1. The Morgan fingerprint density at radius 1 is 1.33 bits per heavy atom. The maximum absolute atomic E-state index is 12.7. The molecule has 1 aliphatic heterocycles. The van der Waals surface area contributed by atoms with Crippen molar-refractivity contribution in [2.45, 2.75) is 51.9 Å². The molecule has 2 heterocycles. The summed E-state index contributed by atoms with van der Waals surface area (Å²) in [7, 11) is -3.52. The molecular formula is C21H29N3O5S. The number of aryl methyl sites for hydroxylation is 1. The number of ether oxygens (including phenoxy) is 1. The van der Waals surface area contributed by atoms with Crippen LogP contribution < -0.4 is 5.32 Å². The summed E-state index contributed by atoms with van der Waals surface area (Å²) in [5, 5.41) is 12.2. The second-order valence-corrected chi connectivity index (χ2v) is 9.70. The van der Waals surface area contributed by atoms with Gasteiger partial charge >= 0.3 is 6.09 Å². The zero-order chi connectivity index (χ0) is 21.7. The number of pyridine rings is 1. The molecule has 8 nitrogen and oxygen atoms in total. The van der Waals surface area contributed by atoms with Crippen LogP contribution in [0.4, 0.5) is 4.79 Å². The molecule has 30 heavy (non-hydrogen) atoms. The molecule has 9 heteroatoms. The number of benzene rings is 1. The smallest absolute Gasteiger partial charge is 0.404 e. The highest BCUT2D eigenvalue weighted by Crippen LogP contribution is 2.23. The van der Waals surface area contributed by atoms with Crippen LogP contribution >= 0.6 is 0 Å². The van der Waals surface area contributed by atoms with Gasteiger partial charge in [-0.25, -0.2) is 17.5 Å². The van der Waals surface area contributed by atoms with E-state index >= 15 is 0 Å². The van der Waals surface area contributed by atoms with Gasteiger partial charge in [-0.1, -0.05) is 25.1 Å². The summed E-state index contributed by atoms with van der Waals surface area (Å²) >= 11 is 0. The van der Waals surface area contributed by atoms with Crippen LogP contribution in [0.15, 0.2) is 30.3 Å². The van der Waals surface area contributed by atoms with Gasteiger partial charge in [0, 0.05) is 30.2 Å². The van der Waals surface area contributed by atoms with Crippen molar-refractivity contribution in [3.63, 3.8) is 0 Å². The molecule has 2 N–H and O–H groups in total. The van der Waals surface area contributed by atoms with Gasteiger partial charge in [0.25, 0.3) is 0 Å². The highest BCUT2D eigenvalue weighted by Gasteiger charge is 2.30.